The van der Waals surface area contributed by atoms with Crippen molar-refractivity contribution in [2.75, 3.05) is 19.6 Å². The highest BCUT2D eigenvalue weighted by atomic mass is 127. The molecule has 0 bridgehead atoms. The first-order valence-corrected chi connectivity index (χ1v) is 8.27. The third-order valence-electron chi connectivity index (χ3n) is 3.63. The Balaban J connectivity index is 0.00000312. The van der Waals surface area contributed by atoms with Crippen LogP contribution in [0.25, 0.3) is 0 Å². The summed E-state index contributed by atoms with van der Waals surface area (Å²) < 4.78 is 7.08. The smallest absolute Gasteiger partial charge is 0.191 e. The van der Waals surface area contributed by atoms with E-state index < -0.39 is 5.60 Å². The molecule has 140 valence electrons. The zero-order valence-corrected chi connectivity index (χ0v) is 17.4. The van der Waals surface area contributed by atoms with E-state index in [-0.39, 0.29) is 30.5 Å². The second-order valence-electron chi connectivity index (χ2n) is 6.00. The van der Waals surface area contributed by atoms with Crippen LogP contribution in [0.4, 0.5) is 0 Å². The highest BCUT2D eigenvalue weighted by Gasteiger charge is 2.25. The molecule has 0 spiro atoms. The SMILES string of the molecule is CCNC(=NCC(C)(O)c1ccco1)NCCCc1cnn(C)c1.I. The second-order valence-corrected chi connectivity index (χ2v) is 6.00. The number of guanidine groups is 1. The summed E-state index contributed by atoms with van der Waals surface area (Å²) in [6, 6.07) is 3.51. The van der Waals surface area contributed by atoms with Crippen molar-refractivity contribution in [2.24, 2.45) is 12.0 Å². The fourth-order valence-electron chi connectivity index (χ4n) is 2.34. The van der Waals surface area contributed by atoms with Crippen LogP contribution in [-0.2, 0) is 19.1 Å². The highest BCUT2D eigenvalue weighted by molar-refractivity contribution is 14.0. The number of furan rings is 1. The number of halogens is 1. The van der Waals surface area contributed by atoms with Gasteiger partial charge in [0.1, 0.15) is 11.4 Å². The molecule has 0 amide bonds. The van der Waals surface area contributed by atoms with Crippen molar-refractivity contribution in [1.82, 2.24) is 20.4 Å². The predicted molar refractivity (Wildman–Crippen MR) is 109 cm³/mol. The van der Waals surface area contributed by atoms with Crippen molar-refractivity contribution in [3.05, 3.63) is 42.1 Å². The van der Waals surface area contributed by atoms with Gasteiger partial charge in [-0.05, 0) is 44.4 Å². The lowest BCUT2D eigenvalue weighted by Gasteiger charge is -2.19. The molecule has 25 heavy (non-hydrogen) atoms. The molecule has 2 heterocycles. The Morgan fingerprint density at radius 2 is 2.24 bits per heavy atom. The van der Waals surface area contributed by atoms with Crippen LogP contribution in [0.15, 0.2) is 40.2 Å². The molecular weight excluding hydrogens is 433 g/mol. The zero-order valence-electron chi connectivity index (χ0n) is 15.0. The molecule has 3 N–H and O–H groups in total. The first-order chi connectivity index (χ1) is 11.5. The standard InChI is InChI=1S/C17H27N5O2.HI/c1-4-18-16(19-9-5-7-14-11-21-22(3)12-14)20-13-17(2,23)15-8-6-10-24-15;/h6,8,10-12,23H,4-5,7,9,13H2,1-3H3,(H2,18,19,20);1H. The fraction of sp³-hybridized carbons (Fsp3) is 0.529. The molecule has 0 aromatic carbocycles. The van der Waals surface area contributed by atoms with Gasteiger partial charge >= 0.3 is 0 Å². The predicted octanol–water partition coefficient (Wildman–Crippen LogP) is 2.03. The van der Waals surface area contributed by atoms with E-state index in [2.05, 4.69) is 20.7 Å². The van der Waals surface area contributed by atoms with Gasteiger partial charge in [0.05, 0.1) is 19.0 Å². The molecule has 2 aromatic rings. The van der Waals surface area contributed by atoms with Gasteiger partial charge in [0.15, 0.2) is 5.96 Å². The number of aliphatic hydroxyl groups is 1. The molecule has 2 aromatic heterocycles. The normalized spacial score (nSPS) is 13.8. The Kier molecular flexibility index (Phi) is 8.98. The Hall–Kier alpha value is -1.55. The average Bonchev–Trinajstić information content (AvgIpc) is 3.21. The minimum absolute atomic E-state index is 0. The fourth-order valence-corrected chi connectivity index (χ4v) is 2.34. The number of rotatable bonds is 8. The van der Waals surface area contributed by atoms with Crippen molar-refractivity contribution in [3.8, 4) is 0 Å². The van der Waals surface area contributed by atoms with Crippen LogP contribution in [0.2, 0.25) is 0 Å². The quantitative estimate of drug-likeness (QED) is 0.242. The van der Waals surface area contributed by atoms with E-state index in [1.54, 1.807) is 25.3 Å². The molecule has 0 radical (unpaired) electrons. The lowest BCUT2D eigenvalue weighted by molar-refractivity contribution is 0.0437. The molecule has 7 nitrogen and oxygen atoms in total. The van der Waals surface area contributed by atoms with Gasteiger partial charge in [-0.3, -0.25) is 4.68 Å². The minimum Gasteiger partial charge on any atom is -0.466 e. The van der Waals surface area contributed by atoms with Crippen LogP contribution >= 0.6 is 24.0 Å². The van der Waals surface area contributed by atoms with Gasteiger partial charge in [-0.15, -0.1) is 24.0 Å². The Labute approximate surface area is 165 Å². The van der Waals surface area contributed by atoms with E-state index in [1.807, 2.05) is 31.0 Å². The van der Waals surface area contributed by atoms with Gasteiger partial charge in [0.25, 0.3) is 0 Å². The summed E-state index contributed by atoms with van der Waals surface area (Å²) in [6.07, 6.45) is 7.41. The number of aryl methyl sites for hydroxylation is 2. The molecule has 1 atom stereocenters. The van der Waals surface area contributed by atoms with E-state index in [4.69, 9.17) is 4.42 Å². The third kappa shape index (κ3) is 7.07. The lowest BCUT2D eigenvalue weighted by atomic mass is 10.0. The van der Waals surface area contributed by atoms with E-state index in [1.165, 1.54) is 5.56 Å². The van der Waals surface area contributed by atoms with Crippen LogP contribution in [-0.4, -0.2) is 40.5 Å². The van der Waals surface area contributed by atoms with Crippen LogP contribution in [0, 0.1) is 0 Å². The van der Waals surface area contributed by atoms with E-state index in [0.29, 0.717) is 11.7 Å². The number of nitrogens with one attached hydrogen (secondary N) is 2. The third-order valence-corrected chi connectivity index (χ3v) is 3.63. The summed E-state index contributed by atoms with van der Waals surface area (Å²) in [7, 11) is 1.92. The largest absolute Gasteiger partial charge is 0.466 e. The maximum atomic E-state index is 10.4. The number of aromatic nitrogens is 2. The molecule has 2 rings (SSSR count). The molecular formula is C17H28IN5O2. The van der Waals surface area contributed by atoms with Crippen LogP contribution in [0.3, 0.4) is 0 Å². The Bertz CT molecular complexity index is 637. The topological polar surface area (TPSA) is 87.6 Å². The highest BCUT2D eigenvalue weighted by Crippen LogP contribution is 2.20. The van der Waals surface area contributed by atoms with Crippen molar-refractivity contribution in [2.45, 2.75) is 32.3 Å². The summed E-state index contributed by atoms with van der Waals surface area (Å²) in [5, 5.41) is 21.1. The van der Waals surface area contributed by atoms with Gasteiger partial charge in [-0.1, -0.05) is 0 Å². The number of hydrogen-bond acceptors (Lipinski definition) is 4. The summed E-state index contributed by atoms with van der Waals surface area (Å²) >= 11 is 0. The summed E-state index contributed by atoms with van der Waals surface area (Å²) in [6.45, 7) is 5.48. The molecule has 1 unspecified atom stereocenters. The van der Waals surface area contributed by atoms with Gasteiger partial charge < -0.3 is 20.2 Å². The second kappa shape index (κ2) is 10.4. The molecule has 0 aliphatic rings. The number of nitrogens with zero attached hydrogens (tertiary/aromatic N) is 3. The van der Waals surface area contributed by atoms with Crippen molar-refractivity contribution < 1.29 is 9.52 Å². The average molecular weight is 461 g/mol. The van der Waals surface area contributed by atoms with Crippen molar-refractivity contribution in [1.29, 1.82) is 0 Å². The first kappa shape index (κ1) is 21.5. The first-order valence-electron chi connectivity index (χ1n) is 8.27. The van der Waals surface area contributed by atoms with Crippen molar-refractivity contribution in [3.63, 3.8) is 0 Å². The summed E-state index contributed by atoms with van der Waals surface area (Å²) in [5.41, 5.74) is 0.101. The van der Waals surface area contributed by atoms with Gasteiger partial charge in [-0.25, -0.2) is 4.99 Å². The zero-order chi connectivity index (χ0) is 17.4. The van der Waals surface area contributed by atoms with E-state index >= 15 is 0 Å². The number of aliphatic imine (C=N–C) groups is 1. The van der Waals surface area contributed by atoms with Crippen LogP contribution < -0.4 is 10.6 Å². The molecule has 8 heteroatoms. The van der Waals surface area contributed by atoms with Crippen molar-refractivity contribution >= 4 is 29.9 Å². The Morgan fingerprint density at radius 1 is 1.44 bits per heavy atom. The van der Waals surface area contributed by atoms with E-state index in [0.717, 1.165) is 25.9 Å². The summed E-state index contributed by atoms with van der Waals surface area (Å²) in [4.78, 5) is 4.46. The monoisotopic (exact) mass is 461 g/mol. The maximum Gasteiger partial charge on any atom is 0.191 e. The van der Waals surface area contributed by atoms with Gasteiger partial charge in [0, 0.05) is 26.3 Å². The molecule has 0 saturated carbocycles. The molecule has 0 fully saturated rings. The van der Waals surface area contributed by atoms with E-state index in [9.17, 15) is 5.11 Å². The van der Waals surface area contributed by atoms with Crippen LogP contribution in [0.1, 0.15) is 31.6 Å². The molecule has 0 aliphatic carbocycles. The van der Waals surface area contributed by atoms with Gasteiger partial charge in [-0.2, -0.15) is 5.10 Å². The minimum atomic E-state index is -1.12. The van der Waals surface area contributed by atoms with Crippen LogP contribution in [0.5, 0.6) is 0 Å². The number of hydrogen-bond donors (Lipinski definition) is 3. The lowest BCUT2D eigenvalue weighted by Crippen LogP contribution is -2.39. The summed E-state index contributed by atoms with van der Waals surface area (Å²) in [5.74, 6) is 1.20. The van der Waals surface area contributed by atoms with Gasteiger partial charge in [0.2, 0.25) is 0 Å². The molecule has 0 aliphatic heterocycles. The Morgan fingerprint density at radius 3 is 2.84 bits per heavy atom. The maximum absolute atomic E-state index is 10.4. The molecule has 0 saturated heterocycles.